The summed E-state index contributed by atoms with van der Waals surface area (Å²) in [6.45, 7) is 5.31. The van der Waals surface area contributed by atoms with Gasteiger partial charge in [0.15, 0.2) is 0 Å². The first kappa shape index (κ1) is 16.3. The van der Waals surface area contributed by atoms with E-state index in [9.17, 15) is 4.79 Å². The van der Waals surface area contributed by atoms with Crippen LogP contribution in [0.1, 0.15) is 19.1 Å². The van der Waals surface area contributed by atoms with Crippen LogP contribution < -0.4 is 9.64 Å². The second-order valence-electron chi connectivity index (χ2n) is 5.58. The van der Waals surface area contributed by atoms with Crippen LogP contribution in [0.2, 0.25) is 0 Å². The molecule has 7 nitrogen and oxygen atoms in total. The maximum Gasteiger partial charge on any atom is 0.228 e. The predicted molar refractivity (Wildman–Crippen MR) is 89.0 cm³/mol. The molecule has 0 radical (unpaired) electrons. The molecule has 0 atom stereocenters. The van der Waals surface area contributed by atoms with E-state index in [1.54, 1.807) is 18.5 Å². The smallest absolute Gasteiger partial charge is 0.228 e. The Hall–Kier alpha value is -2.57. The summed E-state index contributed by atoms with van der Waals surface area (Å²) in [4.78, 5) is 25.0. The quantitative estimate of drug-likeness (QED) is 0.803. The van der Waals surface area contributed by atoms with Gasteiger partial charge < -0.3 is 19.0 Å². The Labute approximate surface area is 141 Å². The van der Waals surface area contributed by atoms with Crippen molar-refractivity contribution in [1.29, 1.82) is 0 Å². The molecule has 1 amide bonds. The first-order valence-electron chi connectivity index (χ1n) is 8.27. The number of hydrogen-bond donors (Lipinski definition) is 0. The monoisotopic (exact) mass is 330 g/mol. The van der Waals surface area contributed by atoms with E-state index in [1.165, 1.54) is 0 Å². The number of aryl methyl sites for hydroxylation is 1. The molecule has 128 valence electrons. The topological polar surface area (TPSA) is 71.7 Å². The Morgan fingerprint density at radius 3 is 2.83 bits per heavy atom. The van der Waals surface area contributed by atoms with Crippen LogP contribution in [0.5, 0.6) is 5.88 Å². The van der Waals surface area contributed by atoms with Crippen LogP contribution in [0.15, 0.2) is 35.1 Å². The van der Waals surface area contributed by atoms with Gasteiger partial charge in [0.05, 0.1) is 12.9 Å². The van der Waals surface area contributed by atoms with Gasteiger partial charge >= 0.3 is 0 Å². The highest BCUT2D eigenvalue weighted by Gasteiger charge is 2.22. The summed E-state index contributed by atoms with van der Waals surface area (Å²) in [5, 5.41) is 0. The number of amides is 1. The van der Waals surface area contributed by atoms with Gasteiger partial charge in [-0.3, -0.25) is 4.79 Å². The Bertz CT molecular complexity index is 652. The Kier molecular flexibility index (Phi) is 5.30. The van der Waals surface area contributed by atoms with E-state index in [1.807, 2.05) is 24.0 Å². The zero-order chi connectivity index (χ0) is 16.8. The summed E-state index contributed by atoms with van der Waals surface area (Å²) in [5.41, 5.74) is 0. The standard InChI is InChI=1S/C17H22N4O3/c1-2-23-15-7-8-18-17(19-15)21-11-9-20(10-12-21)16(22)6-5-14-4-3-13-24-14/h3-4,7-8,13H,2,5-6,9-12H2,1H3. The van der Waals surface area contributed by atoms with Gasteiger partial charge in [-0.2, -0.15) is 4.98 Å². The predicted octanol–water partition coefficient (Wildman–Crippen LogP) is 1.75. The van der Waals surface area contributed by atoms with Gasteiger partial charge in [0.1, 0.15) is 5.76 Å². The normalized spacial score (nSPS) is 14.7. The Morgan fingerprint density at radius 2 is 2.12 bits per heavy atom. The van der Waals surface area contributed by atoms with Gasteiger partial charge in [0, 0.05) is 51.3 Å². The second kappa shape index (κ2) is 7.81. The van der Waals surface area contributed by atoms with Crippen molar-refractivity contribution in [3.05, 3.63) is 36.4 Å². The van der Waals surface area contributed by atoms with E-state index < -0.39 is 0 Å². The number of carbonyl (C=O) groups is 1. The third-order valence-electron chi connectivity index (χ3n) is 3.99. The minimum Gasteiger partial charge on any atom is -0.478 e. The van der Waals surface area contributed by atoms with Crippen LogP contribution in [0.4, 0.5) is 5.95 Å². The van der Waals surface area contributed by atoms with Crippen molar-refractivity contribution in [2.24, 2.45) is 0 Å². The number of rotatable bonds is 6. The molecule has 7 heteroatoms. The third kappa shape index (κ3) is 4.04. The highest BCUT2D eigenvalue weighted by Crippen LogP contribution is 2.15. The molecular weight excluding hydrogens is 308 g/mol. The molecule has 3 rings (SSSR count). The molecule has 1 fully saturated rings. The minimum absolute atomic E-state index is 0.162. The van der Waals surface area contributed by atoms with Gasteiger partial charge in [0.25, 0.3) is 0 Å². The van der Waals surface area contributed by atoms with E-state index in [0.29, 0.717) is 44.4 Å². The molecule has 0 bridgehead atoms. The molecule has 1 aliphatic rings. The zero-order valence-electron chi connectivity index (χ0n) is 13.9. The molecule has 2 aromatic rings. The Balaban J connectivity index is 1.50. The van der Waals surface area contributed by atoms with E-state index in [4.69, 9.17) is 9.15 Å². The van der Waals surface area contributed by atoms with E-state index in [0.717, 1.165) is 18.8 Å². The molecule has 1 aliphatic heterocycles. The number of aromatic nitrogens is 2. The first-order chi connectivity index (χ1) is 11.8. The summed E-state index contributed by atoms with van der Waals surface area (Å²) in [7, 11) is 0. The van der Waals surface area contributed by atoms with Gasteiger partial charge in [-0.05, 0) is 19.1 Å². The van der Waals surface area contributed by atoms with Crippen molar-refractivity contribution in [3.8, 4) is 5.88 Å². The van der Waals surface area contributed by atoms with Crippen molar-refractivity contribution >= 4 is 11.9 Å². The maximum atomic E-state index is 12.3. The highest BCUT2D eigenvalue weighted by atomic mass is 16.5. The van der Waals surface area contributed by atoms with Crippen LogP contribution in [0, 0.1) is 0 Å². The lowest BCUT2D eigenvalue weighted by molar-refractivity contribution is -0.131. The fourth-order valence-corrected chi connectivity index (χ4v) is 2.71. The number of nitrogens with zero attached hydrogens (tertiary/aromatic N) is 4. The van der Waals surface area contributed by atoms with E-state index in [-0.39, 0.29) is 5.91 Å². The largest absolute Gasteiger partial charge is 0.478 e. The molecule has 24 heavy (non-hydrogen) atoms. The van der Waals surface area contributed by atoms with Crippen LogP contribution in [0.3, 0.4) is 0 Å². The lowest BCUT2D eigenvalue weighted by atomic mass is 10.2. The number of carbonyl (C=O) groups excluding carboxylic acids is 1. The molecule has 3 heterocycles. The van der Waals surface area contributed by atoms with Crippen LogP contribution >= 0.6 is 0 Å². The lowest BCUT2D eigenvalue weighted by Crippen LogP contribution is -2.49. The highest BCUT2D eigenvalue weighted by molar-refractivity contribution is 5.76. The molecule has 0 aliphatic carbocycles. The van der Waals surface area contributed by atoms with Gasteiger partial charge in [0.2, 0.25) is 17.7 Å². The van der Waals surface area contributed by atoms with Crippen molar-refractivity contribution in [3.63, 3.8) is 0 Å². The number of piperazine rings is 1. The number of furan rings is 1. The molecule has 0 unspecified atom stereocenters. The van der Waals surface area contributed by atoms with Crippen molar-refractivity contribution < 1.29 is 13.9 Å². The van der Waals surface area contributed by atoms with Crippen LogP contribution in [-0.4, -0.2) is 53.6 Å². The zero-order valence-corrected chi connectivity index (χ0v) is 13.9. The summed E-state index contributed by atoms with van der Waals surface area (Å²) >= 11 is 0. The molecule has 0 spiro atoms. The molecular formula is C17H22N4O3. The summed E-state index contributed by atoms with van der Waals surface area (Å²) in [5.74, 6) is 2.25. The average Bonchev–Trinajstić information content (AvgIpc) is 3.14. The number of ether oxygens (including phenoxy) is 1. The molecule has 2 aromatic heterocycles. The average molecular weight is 330 g/mol. The summed E-state index contributed by atoms with van der Waals surface area (Å²) in [6.07, 6.45) is 4.46. The van der Waals surface area contributed by atoms with Crippen molar-refractivity contribution in [2.45, 2.75) is 19.8 Å². The van der Waals surface area contributed by atoms with Gasteiger partial charge in [-0.15, -0.1) is 0 Å². The van der Waals surface area contributed by atoms with E-state index >= 15 is 0 Å². The first-order valence-corrected chi connectivity index (χ1v) is 8.27. The fourth-order valence-electron chi connectivity index (χ4n) is 2.71. The molecule has 0 saturated carbocycles. The van der Waals surface area contributed by atoms with Gasteiger partial charge in [-0.1, -0.05) is 0 Å². The Morgan fingerprint density at radius 1 is 1.29 bits per heavy atom. The second-order valence-corrected chi connectivity index (χ2v) is 5.58. The number of anilines is 1. The van der Waals surface area contributed by atoms with Crippen molar-refractivity contribution in [2.75, 3.05) is 37.7 Å². The fraction of sp³-hybridized carbons (Fsp3) is 0.471. The molecule has 1 saturated heterocycles. The third-order valence-corrected chi connectivity index (χ3v) is 3.99. The van der Waals surface area contributed by atoms with Crippen LogP contribution in [0.25, 0.3) is 0 Å². The molecule has 0 aromatic carbocycles. The summed E-state index contributed by atoms with van der Waals surface area (Å²) in [6, 6.07) is 5.49. The van der Waals surface area contributed by atoms with Crippen LogP contribution in [-0.2, 0) is 11.2 Å². The van der Waals surface area contributed by atoms with Gasteiger partial charge in [-0.25, -0.2) is 4.98 Å². The maximum absolute atomic E-state index is 12.3. The lowest BCUT2D eigenvalue weighted by Gasteiger charge is -2.34. The number of hydrogen-bond acceptors (Lipinski definition) is 6. The van der Waals surface area contributed by atoms with E-state index in [2.05, 4.69) is 14.9 Å². The minimum atomic E-state index is 0.162. The SMILES string of the molecule is CCOc1ccnc(N2CCN(C(=O)CCc3ccco3)CC2)n1. The summed E-state index contributed by atoms with van der Waals surface area (Å²) < 4.78 is 10.7. The van der Waals surface area contributed by atoms with Crippen molar-refractivity contribution in [1.82, 2.24) is 14.9 Å². The molecule has 0 N–H and O–H groups in total.